The maximum Gasteiger partial charge on any atom is 0.227 e. The first-order chi connectivity index (χ1) is 10.2. The van der Waals surface area contributed by atoms with E-state index in [9.17, 15) is 9.90 Å². The summed E-state index contributed by atoms with van der Waals surface area (Å²) < 4.78 is 5.08. The number of aryl methyl sites for hydroxylation is 2. The van der Waals surface area contributed by atoms with Crippen molar-refractivity contribution in [3.63, 3.8) is 0 Å². The van der Waals surface area contributed by atoms with Crippen molar-refractivity contribution >= 4 is 11.6 Å². The molecule has 0 aliphatic heterocycles. The summed E-state index contributed by atoms with van der Waals surface area (Å²) in [5.41, 5.74) is 1.32. The molecule has 0 bridgehead atoms. The monoisotopic (exact) mass is 289 g/mol. The molecule has 2 aromatic rings. The Balaban J connectivity index is 1.86. The second kappa shape index (κ2) is 7.54. The van der Waals surface area contributed by atoms with Crippen LogP contribution in [-0.4, -0.2) is 21.2 Å². The predicted octanol–water partition coefficient (Wildman–Crippen LogP) is 2.09. The fourth-order valence-corrected chi connectivity index (χ4v) is 1.93. The van der Waals surface area contributed by atoms with Crippen LogP contribution < -0.4 is 5.32 Å². The highest BCUT2D eigenvalue weighted by Crippen LogP contribution is 2.15. The number of benzene rings is 1. The van der Waals surface area contributed by atoms with Gasteiger partial charge in [-0.1, -0.05) is 30.3 Å². The van der Waals surface area contributed by atoms with Gasteiger partial charge in [-0.2, -0.15) is 4.98 Å². The van der Waals surface area contributed by atoms with Gasteiger partial charge in [0.1, 0.15) is 0 Å². The highest BCUT2D eigenvalue weighted by molar-refractivity contribution is 5.91. The minimum atomic E-state index is -0.147. The van der Waals surface area contributed by atoms with E-state index in [1.165, 1.54) is 0 Å². The van der Waals surface area contributed by atoms with Gasteiger partial charge in [0, 0.05) is 30.5 Å². The van der Waals surface area contributed by atoms with Gasteiger partial charge in [0.15, 0.2) is 5.82 Å². The average Bonchev–Trinajstić information content (AvgIpc) is 2.94. The molecule has 21 heavy (non-hydrogen) atoms. The summed E-state index contributed by atoms with van der Waals surface area (Å²) in [6.07, 6.45) is 2.40. The van der Waals surface area contributed by atoms with Gasteiger partial charge in [0.05, 0.1) is 6.61 Å². The van der Waals surface area contributed by atoms with Crippen molar-refractivity contribution in [2.24, 2.45) is 0 Å². The van der Waals surface area contributed by atoms with Crippen LogP contribution in [0, 0.1) is 0 Å². The molecule has 2 N–H and O–H groups in total. The molecule has 2 rings (SSSR count). The summed E-state index contributed by atoms with van der Waals surface area (Å²) in [5, 5.41) is 15.8. The third-order valence-corrected chi connectivity index (χ3v) is 3.01. The molecule has 0 radical (unpaired) electrons. The number of hydrogen-bond acceptors (Lipinski definition) is 5. The SMILES string of the molecule is CCCc1noc(CCC(=O)Nc2ccccc2CO)n1. The molecule has 0 spiro atoms. The van der Waals surface area contributed by atoms with Gasteiger partial charge in [0.25, 0.3) is 0 Å². The van der Waals surface area contributed by atoms with E-state index < -0.39 is 0 Å². The molecule has 1 heterocycles. The number of hydrogen-bond donors (Lipinski definition) is 2. The summed E-state index contributed by atoms with van der Waals surface area (Å²) >= 11 is 0. The average molecular weight is 289 g/mol. The Kier molecular flexibility index (Phi) is 5.45. The minimum Gasteiger partial charge on any atom is -0.392 e. The van der Waals surface area contributed by atoms with Gasteiger partial charge in [-0.25, -0.2) is 0 Å². The normalized spacial score (nSPS) is 10.6. The van der Waals surface area contributed by atoms with Crippen LogP contribution in [0.15, 0.2) is 28.8 Å². The molecule has 0 atom stereocenters. The molecule has 112 valence electrons. The van der Waals surface area contributed by atoms with Crippen molar-refractivity contribution in [2.45, 2.75) is 39.2 Å². The van der Waals surface area contributed by atoms with Gasteiger partial charge < -0.3 is 14.9 Å². The zero-order chi connectivity index (χ0) is 15.1. The summed E-state index contributed by atoms with van der Waals surface area (Å²) in [5.74, 6) is 1.01. The zero-order valence-electron chi connectivity index (χ0n) is 12.0. The first kappa shape index (κ1) is 15.2. The lowest BCUT2D eigenvalue weighted by atomic mass is 10.2. The number of carbonyl (C=O) groups is 1. The molecule has 1 amide bonds. The number of carbonyl (C=O) groups excluding carboxylic acids is 1. The standard InChI is InChI=1S/C15H19N3O3/c1-2-5-13-17-15(21-18-13)9-8-14(20)16-12-7-4-3-6-11(12)10-19/h3-4,6-7,19H,2,5,8-10H2,1H3,(H,16,20). The topological polar surface area (TPSA) is 88.2 Å². The predicted molar refractivity (Wildman–Crippen MR) is 77.6 cm³/mol. The van der Waals surface area contributed by atoms with Crippen molar-refractivity contribution in [3.05, 3.63) is 41.5 Å². The Bertz CT molecular complexity index is 595. The zero-order valence-corrected chi connectivity index (χ0v) is 12.0. The van der Waals surface area contributed by atoms with E-state index in [0.29, 0.717) is 29.4 Å². The third-order valence-electron chi connectivity index (χ3n) is 3.01. The van der Waals surface area contributed by atoms with Gasteiger partial charge in [-0.05, 0) is 12.5 Å². The molecule has 0 unspecified atom stereocenters. The van der Waals surface area contributed by atoms with E-state index in [4.69, 9.17) is 4.52 Å². The van der Waals surface area contributed by atoms with Gasteiger partial charge >= 0.3 is 0 Å². The Labute approximate surface area is 123 Å². The summed E-state index contributed by atoms with van der Waals surface area (Å²) in [6, 6.07) is 7.15. The van der Waals surface area contributed by atoms with E-state index in [2.05, 4.69) is 15.5 Å². The Morgan fingerprint density at radius 1 is 1.33 bits per heavy atom. The number of rotatable bonds is 7. The number of nitrogens with zero attached hydrogens (tertiary/aromatic N) is 2. The van der Waals surface area contributed by atoms with Crippen LogP contribution >= 0.6 is 0 Å². The van der Waals surface area contributed by atoms with Crippen LogP contribution in [0.25, 0.3) is 0 Å². The van der Waals surface area contributed by atoms with E-state index in [-0.39, 0.29) is 18.9 Å². The molecule has 6 heteroatoms. The van der Waals surface area contributed by atoms with E-state index in [1.54, 1.807) is 12.1 Å². The first-order valence-corrected chi connectivity index (χ1v) is 7.03. The number of aliphatic hydroxyl groups excluding tert-OH is 1. The van der Waals surface area contributed by atoms with Gasteiger partial charge in [0.2, 0.25) is 11.8 Å². The second-order valence-electron chi connectivity index (χ2n) is 4.72. The molecule has 0 aliphatic rings. The summed E-state index contributed by atoms with van der Waals surface area (Å²) in [4.78, 5) is 16.1. The largest absolute Gasteiger partial charge is 0.392 e. The molecule has 0 saturated carbocycles. The molecule has 0 fully saturated rings. The van der Waals surface area contributed by atoms with Crippen molar-refractivity contribution in [3.8, 4) is 0 Å². The number of aromatic nitrogens is 2. The van der Waals surface area contributed by atoms with E-state index in [1.807, 2.05) is 19.1 Å². The van der Waals surface area contributed by atoms with Crippen molar-refractivity contribution in [1.29, 1.82) is 0 Å². The lowest BCUT2D eigenvalue weighted by molar-refractivity contribution is -0.116. The Hall–Kier alpha value is -2.21. The maximum absolute atomic E-state index is 11.9. The fraction of sp³-hybridized carbons (Fsp3) is 0.400. The Morgan fingerprint density at radius 2 is 2.14 bits per heavy atom. The first-order valence-electron chi connectivity index (χ1n) is 7.03. The van der Waals surface area contributed by atoms with Crippen LogP contribution in [-0.2, 0) is 24.2 Å². The summed E-state index contributed by atoms with van der Waals surface area (Å²) in [7, 11) is 0. The summed E-state index contributed by atoms with van der Waals surface area (Å²) in [6.45, 7) is 1.93. The van der Waals surface area contributed by atoms with E-state index in [0.717, 1.165) is 12.8 Å². The van der Waals surface area contributed by atoms with Crippen molar-refractivity contribution in [1.82, 2.24) is 10.1 Å². The quantitative estimate of drug-likeness (QED) is 0.814. The third kappa shape index (κ3) is 4.39. The number of para-hydroxylation sites is 1. The molecule has 0 saturated heterocycles. The molecular weight excluding hydrogens is 270 g/mol. The number of aliphatic hydroxyl groups is 1. The molecule has 1 aromatic heterocycles. The Morgan fingerprint density at radius 3 is 2.90 bits per heavy atom. The van der Waals surface area contributed by atoms with Crippen molar-refractivity contribution < 1.29 is 14.4 Å². The van der Waals surface area contributed by atoms with Crippen molar-refractivity contribution in [2.75, 3.05) is 5.32 Å². The van der Waals surface area contributed by atoms with Crippen LogP contribution in [0.4, 0.5) is 5.69 Å². The minimum absolute atomic E-state index is 0.111. The second-order valence-corrected chi connectivity index (χ2v) is 4.72. The number of anilines is 1. The number of nitrogens with one attached hydrogen (secondary N) is 1. The molecular formula is C15H19N3O3. The number of amides is 1. The van der Waals surface area contributed by atoms with E-state index >= 15 is 0 Å². The smallest absolute Gasteiger partial charge is 0.227 e. The van der Waals surface area contributed by atoms with Crippen LogP contribution in [0.1, 0.15) is 37.0 Å². The van der Waals surface area contributed by atoms with Crippen LogP contribution in [0.3, 0.4) is 0 Å². The van der Waals surface area contributed by atoms with Gasteiger partial charge in [-0.15, -0.1) is 0 Å². The molecule has 0 aliphatic carbocycles. The lowest BCUT2D eigenvalue weighted by Gasteiger charge is -2.08. The highest BCUT2D eigenvalue weighted by atomic mass is 16.5. The lowest BCUT2D eigenvalue weighted by Crippen LogP contribution is -2.13. The highest BCUT2D eigenvalue weighted by Gasteiger charge is 2.10. The fourth-order valence-electron chi connectivity index (χ4n) is 1.93. The van der Waals surface area contributed by atoms with Crippen LogP contribution in [0.5, 0.6) is 0 Å². The van der Waals surface area contributed by atoms with Gasteiger partial charge in [-0.3, -0.25) is 4.79 Å². The molecule has 6 nitrogen and oxygen atoms in total. The maximum atomic E-state index is 11.9. The van der Waals surface area contributed by atoms with Crippen LogP contribution in [0.2, 0.25) is 0 Å². The molecule has 1 aromatic carbocycles.